The van der Waals surface area contributed by atoms with Crippen LogP contribution in [-0.2, 0) is 11.2 Å². The van der Waals surface area contributed by atoms with Gasteiger partial charge in [0.05, 0.1) is 6.67 Å². The van der Waals surface area contributed by atoms with Crippen LogP contribution in [0, 0.1) is 5.92 Å². The SMILES string of the molecule is Cl.O=C1c2cc(Cl)ccc2CCC1CN1CCC2(CC1)C(=O)NCN2c1ccccc1. The lowest BCUT2D eigenvalue weighted by Gasteiger charge is -2.44. The lowest BCUT2D eigenvalue weighted by atomic mass is 9.81. The summed E-state index contributed by atoms with van der Waals surface area (Å²) < 4.78 is 0. The number of amides is 1. The number of rotatable bonds is 3. The first-order valence-electron chi connectivity index (χ1n) is 10.7. The molecule has 164 valence electrons. The van der Waals surface area contributed by atoms with Crippen LogP contribution < -0.4 is 10.2 Å². The van der Waals surface area contributed by atoms with Gasteiger partial charge in [0.15, 0.2) is 5.78 Å². The Bertz CT molecular complexity index is 974. The van der Waals surface area contributed by atoms with Crippen molar-refractivity contribution in [2.45, 2.75) is 31.2 Å². The van der Waals surface area contributed by atoms with Crippen LogP contribution in [0.1, 0.15) is 35.2 Å². The van der Waals surface area contributed by atoms with E-state index >= 15 is 0 Å². The highest BCUT2D eigenvalue weighted by atomic mass is 35.5. The van der Waals surface area contributed by atoms with Gasteiger partial charge in [0.25, 0.3) is 0 Å². The molecule has 2 fully saturated rings. The predicted molar refractivity (Wildman–Crippen MR) is 125 cm³/mol. The lowest BCUT2D eigenvalue weighted by Crippen LogP contribution is -2.57. The second-order valence-corrected chi connectivity index (χ2v) is 9.10. The molecule has 1 N–H and O–H groups in total. The summed E-state index contributed by atoms with van der Waals surface area (Å²) in [6.07, 6.45) is 3.35. The van der Waals surface area contributed by atoms with Gasteiger partial charge in [-0.05, 0) is 55.5 Å². The Balaban J connectivity index is 0.00000231. The molecule has 2 saturated heterocycles. The standard InChI is InChI=1S/C24H26ClN3O2.ClH/c25-19-9-8-17-6-7-18(22(29)21(17)14-19)15-27-12-10-24(11-13-27)23(30)26-16-28(24)20-4-2-1-3-5-20;/h1-5,8-9,14,18H,6-7,10-13,15-16H2,(H,26,30);1H. The molecule has 2 heterocycles. The Morgan fingerprint density at radius 2 is 1.81 bits per heavy atom. The maximum Gasteiger partial charge on any atom is 0.247 e. The van der Waals surface area contributed by atoms with Gasteiger partial charge in [0.1, 0.15) is 5.54 Å². The van der Waals surface area contributed by atoms with Crippen molar-refractivity contribution in [2.75, 3.05) is 31.2 Å². The monoisotopic (exact) mass is 459 g/mol. The van der Waals surface area contributed by atoms with Gasteiger partial charge in [-0.15, -0.1) is 12.4 Å². The number of Topliss-reactive ketones (excluding diaryl/α,β-unsaturated/α-hetero) is 1. The van der Waals surface area contributed by atoms with E-state index in [1.165, 1.54) is 0 Å². The molecule has 0 bridgehead atoms. The maximum atomic E-state index is 13.0. The van der Waals surface area contributed by atoms with E-state index in [0.29, 0.717) is 11.7 Å². The van der Waals surface area contributed by atoms with Crippen LogP contribution in [-0.4, -0.2) is 48.4 Å². The molecule has 5 rings (SSSR count). The first kappa shape index (κ1) is 22.1. The molecular formula is C24H27Cl2N3O2. The number of nitrogens with one attached hydrogen (secondary N) is 1. The number of para-hydroxylation sites is 1. The predicted octanol–water partition coefficient (Wildman–Crippen LogP) is 3.94. The number of likely N-dealkylation sites (tertiary alicyclic amines) is 1. The molecule has 1 amide bonds. The molecule has 0 aromatic heterocycles. The van der Waals surface area contributed by atoms with Crippen molar-refractivity contribution >= 4 is 41.4 Å². The molecule has 1 spiro atoms. The molecule has 31 heavy (non-hydrogen) atoms. The number of anilines is 1. The number of fused-ring (bicyclic) bond motifs is 1. The van der Waals surface area contributed by atoms with Crippen LogP contribution in [0.2, 0.25) is 5.02 Å². The van der Waals surface area contributed by atoms with Gasteiger partial charge in [-0.2, -0.15) is 0 Å². The van der Waals surface area contributed by atoms with Gasteiger partial charge >= 0.3 is 0 Å². The molecule has 0 saturated carbocycles. The number of carbonyl (C=O) groups excluding carboxylic acids is 2. The topological polar surface area (TPSA) is 52.7 Å². The molecule has 2 aromatic carbocycles. The highest BCUT2D eigenvalue weighted by Crippen LogP contribution is 2.37. The van der Waals surface area contributed by atoms with E-state index in [0.717, 1.165) is 62.1 Å². The average molecular weight is 460 g/mol. The fourth-order valence-corrected chi connectivity index (χ4v) is 5.47. The number of aryl methyl sites for hydroxylation is 1. The fourth-order valence-electron chi connectivity index (χ4n) is 5.30. The van der Waals surface area contributed by atoms with Crippen LogP contribution in [0.4, 0.5) is 5.69 Å². The number of hydrogen-bond acceptors (Lipinski definition) is 4. The summed E-state index contributed by atoms with van der Waals surface area (Å²) in [6, 6.07) is 15.8. The summed E-state index contributed by atoms with van der Waals surface area (Å²) >= 11 is 6.12. The molecule has 5 nitrogen and oxygen atoms in total. The van der Waals surface area contributed by atoms with E-state index in [1.807, 2.05) is 36.4 Å². The Kier molecular flexibility index (Phi) is 6.29. The van der Waals surface area contributed by atoms with Crippen molar-refractivity contribution in [3.63, 3.8) is 0 Å². The Morgan fingerprint density at radius 3 is 2.55 bits per heavy atom. The zero-order chi connectivity index (χ0) is 20.7. The number of nitrogens with zero attached hydrogens (tertiary/aromatic N) is 2. The number of hydrogen-bond donors (Lipinski definition) is 1. The van der Waals surface area contributed by atoms with E-state index in [2.05, 4.69) is 27.2 Å². The second kappa shape index (κ2) is 8.81. The zero-order valence-corrected chi connectivity index (χ0v) is 18.9. The highest BCUT2D eigenvalue weighted by Gasteiger charge is 2.50. The highest BCUT2D eigenvalue weighted by molar-refractivity contribution is 6.31. The Morgan fingerprint density at radius 1 is 1.06 bits per heavy atom. The molecule has 1 aliphatic carbocycles. The van der Waals surface area contributed by atoms with Crippen molar-refractivity contribution < 1.29 is 9.59 Å². The number of ketones is 1. The molecular weight excluding hydrogens is 433 g/mol. The number of benzene rings is 2. The summed E-state index contributed by atoms with van der Waals surface area (Å²) in [4.78, 5) is 30.4. The summed E-state index contributed by atoms with van der Waals surface area (Å²) in [5.41, 5.74) is 2.51. The van der Waals surface area contributed by atoms with Crippen molar-refractivity contribution in [1.82, 2.24) is 10.2 Å². The lowest BCUT2D eigenvalue weighted by molar-refractivity contribution is -0.125. The summed E-state index contributed by atoms with van der Waals surface area (Å²) in [5, 5.41) is 3.67. The van der Waals surface area contributed by atoms with Crippen LogP contribution >= 0.6 is 24.0 Å². The van der Waals surface area contributed by atoms with Crippen molar-refractivity contribution in [3.05, 3.63) is 64.7 Å². The van der Waals surface area contributed by atoms with Gasteiger partial charge in [-0.25, -0.2) is 0 Å². The molecule has 1 unspecified atom stereocenters. The maximum absolute atomic E-state index is 13.0. The molecule has 3 aliphatic rings. The Hall–Kier alpha value is -2.08. The van der Waals surface area contributed by atoms with Crippen LogP contribution in [0.5, 0.6) is 0 Å². The Labute approximate surface area is 194 Å². The second-order valence-electron chi connectivity index (χ2n) is 8.66. The largest absolute Gasteiger partial charge is 0.339 e. The van der Waals surface area contributed by atoms with Gasteiger partial charge in [-0.3, -0.25) is 9.59 Å². The van der Waals surface area contributed by atoms with E-state index < -0.39 is 5.54 Å². The van der Waals surface area contributed by atoms with E-state index in [4.69, 9.17) is 11.6 Å². The van der Waals surface area contributed by atoms with E-state index in [-0.39, 0.29) is 30.0 Å². The molecule has 7 heteroatoms. The first-order chi connectivity index (χ1) is 14.6. The normalized spacial score (nSPS) is 22.7. The molecule has 2 aliphatic heterocycles. The molecule has 1 atom stereocenters. The number of piperidine rings is 1. The zero-order valence-electron chi connectivity index (χ0n) is 17.4. The first-order valence-corrected chi connectivity index (χ1v) is 11.1. The quantitative estimate of drug-likeness (QED) is 0.754. The average Bonchev–Trinajstić information content (AvgIpc) is 3.08. The van der Waals surface area contributed by atoms with Crippen molar-refractivity contribution in [2.24, 2.45) is 5.92 Å². The van der Waals surface area contributed by atoms with Crippen LogP contribution in [0.15, 0.2) is 48.5 Å². The van der Waals surface area contributed by atoms with Crippen LogP contribution in [0.25, 0.3) is 0 Å². The van der Waals surface area contributed by atoms with E-state index in [1.54, 1.807) is 0 Å². The van der Waals surface area contributed by atoms with Gasteiger partial charge in [0, 0.05) is 41.8 Å². The fraction of sp³-hybridized carbons (Fsp3) is 0.417. The van der Waals surface area contributed by atoms with Crippen molar-refractivity contribution in [1.29, 1.82) is 0 Å². The smallest absolute Gasteiger partial charge is 0.247 e. The third kappa shape index (κ3) is 3.95. The third-order valence-corrected chi connectivity index (χ3v) is 7.27. The third-order valence-electron chi connectivity index (χ3n) is 7.04. The summed E-state index contributed by atoms with van der Waals surface area (Å²) in [5.74, 6) is 0.347. The molecule has 2 aromatic rings. The number of carbonyl (C=O) groups is 2. The van der Waals surface area contributed by atoms with E-state index in [9.17, 15) is 9.59 Å². The van der Waals surface area contributed by atoms with Crippen molar-refractivity contribution in [3.8, 4) is 0 Å². The minimum absolute atomic E-state index is 0. The van der Waals surface area contributed by atoms with Crippen LogP contribution in [0.3, 0.4) is 0 Å². The molecule has 0 radical (unpaired) electrons. The van der Waals surface area contributed by atoms with Gasteiger partial charge in [-0.1, -0.05) is 35.9 Å². The minimum Gasteiger partial charge on any atom is -0.339 e. The van der Waals surface area contributed by atoms with Gasteiger partial charge < -0.3 is 15.1 Å². The number of halogens is 2. The van der Waals surface area contributed by atoms with Gasteiger partial charge in [0.2, 0.25) is 5.91 Å². The minimum atomic E-state index is -0.478. The summed E-state index contributed by atoms with van der Waals surface area (Å²) in [6.45, 7) is 2.96. The summed E-state index contributed by atoms with van der Waals surface area (Å²) in [7, 11) is 0.